The maximum Gasteiger partial charge on any atom is 0.223 e. The molecule has 0 radical (unpaired) electrons. The highest BCUT2D eigenvalue weighted by molar-refractivity contribution is 5.78. The van der Waals surface area contributed by atoms with Crippen LogP contribution >= 0.6 is 0 Å². The molecule has 34 heavy (non-hydrogen) atoms. The number of amides is 1. The van der Waals surface area contributed by atoms with Crippen LogP contribution in [0.1, 0.15) is 150 Å². The average Bonchev–Trinajstić information content (AvgIpc) is 2.80. The van der Waals surface area contributed by atoms with Gasteiger partial charge in [0.25, 0.3) is 0 Å². The Morgan fingerprint density at radius 1 is 0.676 bits per heavy atom. The molecule has 1 aliphatic carbocycles. The molecule has 2 N–H and O–H groups in total. The molecule has 0 spiro atoms. The second kappa shape index (κ2) is 19.6. The van der Waals surface area contributed by atoms with Crippen LogP contribution in [0.2, 0.25) is 0 Å². The molecule has 202 valence electrons. The minimum atomic E-state index is -0.185. The molecule has 1 rings (SSSR count). The first kappa shape index (κ1) is 31.5. The molecular formula is C31H61NO2. The summed E-state index contributed by atoms with van der Waals surface area (Å²) in [4.78, 5) is 12.2. The van der Waals surface area contributed by atoms with Crippen LogP contribution in [-0.2, 0) is 4.79 Å². The summed E-state index contributed by atoms with van der Waals surface area (Å²) in [7, 11) is 0. The van der Waals surface area contributed by atoms with Crippen molar-refractivity contribution in [2.24, 2.45) is 29.6 Å². The number of hydrogen-bond donors (Lipinski definition) is 2. The average molecular weight is 480 g/mol. The van der Waals surface area contributed by atoms with Gasteiger partial charge in [-0.2, -0.15) is 0 Å². The molecule has 3 heteroatoms. The monoisotopic (exact) mass is 479 g/mol. The van der Waals surface area contributed by atoms with Crippen molar-refractivity contribution in [2.45, 2.75) is 156 Å². The fourth-order valence-corrected chi connectivity index (χ4v) is 5.83. The zero-order valence-corrected chi connectivity index (χ0v) is 23.8. The van der Waals surface area contributed by atoms with E-state index < -0.39 is 0 Å². The summed E-state index contributed by atoms with van der Waals surface area (Å²) in [5.41, 5.74) is 0. The molecule has 1 fully saturated rings. The molecular weight excluding hydrogens is 418 g/mol. The SMILES string of the molecule is CCCC(C)CCCC(C)CCCCC(C)CCCC(C)CCCNC(=O)C1CCC(O)CC1. The first-order valence-electron chi connectivity index (χ1n) is 15.3. The van der Waals surface area contributed by atoms with E-state index >= 15 is 0 Å². The van der Waals surface area contributed by atoms with Gasteiger partial charge >= 0.3 is 0 Å². The molecule has 1 saturated carbocycles. The minimum Gasteiger partial charge on any atom is -0.393 e. The number of nitrogens with one attached hydrogen (secondary N) is 1. The summed E-state index contributed by atoms with van der Waals surface area (Å²) in [5.74, 6) is 3.80. The van der Waals surface area contributed by atoms with Crippen LogP contribution in [-0.4, -0.2) is 23.7 Å². The van der Waals surface area contributed by atoms with E-state index in [0.717, 1.165) is 62.3 Å². The second-order valence-corrected chi connectivity index (χ2v) is 12.3. The molecule has 0 aromatic carbocycles. The molecule has 4 atom stereocenters. The van der Waals surface area contributed by atoms with Gasteiger partial charge in [0, 0.05) is 12.5 Å². The highest BCUT2D eigenvalue weighted by atomic mass is 16.3. The van der Waals surface area contributed by atoms with Crippen molar-refractivity contribution in [1.29, 1.82) is 0 Å². The van der Waals surface area contributed by atoms with Crippen LogP contribution in [0.25, 0.3) is 0 Å². The zero-order valence-electron chi connectivity index (χ0n) is 23.8. The number of aliphatic hydroxyl groups is 1. The van der Waals surface area contributed by atoms with Gasteiger partial charge in [0.15, 0.2) is 0 Å². The van der Waals surface area contributed by atoms with Gasteiger partial charge in [-0.3, -0.25) is 4.79 Å². The maximum absolute atomic E-state index is 12.2. The zero-order chi connectivity index (χ0) is 25.2. The highest BCUT2D eigenvalue weighted by Crippen LogP contribution is 2.25. The standard InChI is InChI=1S/C31H61NO2/c1-6-12-25(2)15-9-16-26(3)13-7-8-14-27(4)17-10-18-28(5)19-11-24-32-31(34)29-20-22-30(33)23-21-29/h25-30,33H,6-24H2,1-5H3,(H,32,34). The Hall–Kier alpha value is -0.570. The number of unbranched alkanes of at least 4 members (excludes halogenated alkanes) is 1. The van der Waals surface area contributed by atoms with E-state index in [1.165, 1.54) is 83.5 Å². The van der Waals surface area contributed by atoms with Gasteiger partial charge in [-0.25, -0.2) is 0 Å². The van der Waals surface area contributed by atoms with E-state index in [-0.39, 0.29) is 17.9 Å². The summed E-state index contributed by atoms with van der Waals surface area (Å²) in [6.07, 6.45) is 22.1. The van der Waals surface area contributed by atoms with Crippen molar-refractivity contribution in [3.05, 3.63) is 0 Å². The molecule has 1 amide bonds. The first-order valence-corrected chi connectivity index (χ1v) is 15.3. The van der Waals surface area contributed by atoms with Gasteiger partial charge in [0.05, 0.1) is 6.10 Å². The summed E-state index contributed by atoms with van der Waals surface area (Å²) < 4.78 is 0. The fourth-order valence-electron chi connectivity index (χ4n) is 5.83. The van der Waals surface area contributed by atoms with E-state index in [1.54, 1.807) is 0 Å². The Balaban J connectivity index is 1.94. The Kier molecular flexibility index (Phi) is 18.1. The predicted octanol–water partition coefficient (Wildman–Crippen LogP) is 8.68. The molecule has 0 aliphatic heterocycles. The lowest BCUT2D eigenvalue weighted by Gasteiger charge is -2.24. The summed E-state index contributed by atoms with van der Waals surface area (Å²) in [5, 5.41) is 12.7. The molecule has 1 aliphatic rings. The summed E-state index contributed by atoms with van der Waals surface area (Å²) >= 11 is 0. The molecule has 0 heterocycles. The third-order valence-corrected chi connectivity index (χ3v) is 8.45. The first-order chi connectivity index (χ1) is 16.3. The van der Waals surface area contributed by atoms with Gasteiger partial charge < -0.3 is 10.4 Å². The van der Waals surface area contributed by atoms with Crippen LogP contribution in [0, 0.1) is 29.6 Å². The van der Waals surface area contributed by atoms with Crippen molar-refractivity contribution >= 4 is 5.91 Å². The van der Waals surface area contributed by atoms with E-state index in [4.69, 9.17) is 0 Å². The third-order valence-electron chi connectivity index (χ3n) is 8.45. The maximum atomic E-state index is 12.2. The third kappa shape index (κ3) is 16.2. The van der Waals surface area contributed by atoms with E-state index in [1.807, 2.05) is 0 Å². The Morgan fingerprint density at radius 3 is 1.56 bits per heavy atom. The number of aliphatic hydroxyl groups excluding tert-OH is 1. The second-order valence-electron chi connectivity index (χ2n) is 12.3. The van der Waals surface area contributed by atoms with Crippen molar-refractivity contribution in [1.82, 2.24) is 5.32 Å². The van der Waals surface area contributed by atoms with E-state index in [0.29, 0.717) is 0 Å². The van der Waals surface area contributed by atoms with Gasteiger partial charge in [-0.1, -0.05) is 112 Å². The van der Waals surface area contributed by atoms with Crippen LogP contribution in [0.4, 0.5) is 0 Å². The van der Waals surface area contributed by atoms with Gasteiger partial charge in [0.1, 0.15) is 0 Å². The lowest BCUT2D eigenvalue weighted by Crippen LogP contribution is -2.34. The molecule has 0 aromatic rings. The Labute approximate surface area is 213 Å². The van der Waals surface area contributed by atoms with Crippen LogP contribution < -0.4 is 5.32 Å². The van der Waals surface area contributed by atoms with Gasteiger partial charge in [-0.05, 0) is 62.2 Å². The molecule has 3 nitrogen and oxygen atoms in total. The smallest absolute Gasteiger partial charge is 0.223 e. The Morgan fingerprint density at radius 2 is 1.09 bits per heavy atom. The summed E-state index contributed by atoms with van der Waals surface area (Å²) in [6.45, 7) is 12.8. The number of carbonyl (C=O) groups is 1. The minimum absolute atomic E-state index is 0.130. The number of hydrogen-bond acceptors (Lipinski definition) is 2. The van der Waals surface area contributed by atoms with Crippen LogP contribution in [0.5, 0.6) is 0 Å². The van der Waals surface area contributed by atoms with Crippen molar-refractivity contribution in [3.8, 4) is 0 Å². The largest absolute Gasteiger partial charge is 0.393 e. The van der Waals surface area contributed by atoms with Crippen LogP contribution in [0.15, 0.2) is 0 Å². The number of carbonyl (C=O) groups excluding carboxylic acids is 1. The van der Waals surface area contributed by atoms with Crippen molar-refractivity contribution < 1.29 is 9.90 Å². The van der Waals surface area contributed by atoms with Crippen molar-refractivity contribution in [2.75, 3.05) is 6.54 Å². The van der Waals surface area contributed by atoms with Crippen molar-refractivity contribution in [3.63, 3.8) is 0 Å². The molecule has 0 saturated heterocycles. The topological polar surface area (TPSA) is 49.3 Å². The number of rotatable bonds is 20. The molecule has 4 unspecified atom stereocenters. The van der Waals surface area contributed by atoms with Gasteiger partial charge in [-0.15, -0.1) is 0 Å². The van der Waals surface area contributed by atoms with E-state index in [2.05, 4.69) is 39.9 Å². The molecule has 0 bridgehead atoms. The highest BCUT2D eigenvalue weighted by Gasteiger charge is 2.24. The quantitative estimate of drug-likeness (QED) is 0.172. The van der Waals surface area contributed by atoms with Gasteiger partial charge in [0.2, 0.25) is 5.91 Å². The fraction of sp³-hybridized carbons (Fsp3) is 0.968. The van der Waals surface area contributed by atoms with E-state index in [9.17, 15) is 9.90 Å². The molecule has 0 aromatic heterocycles. The normalized spacial score (nSPS) is 22.2. The summed E-state index contributed by atoms with van der Waals surface area (Å²) in [6, 6.07) is 0. The lowest BCUT2D eigenvalue weighted by molar-refractivity contribution is -0.126. The predicted molar refractivity (Wildman–Crippen MR) is 148 cm³/mol. The van der Waals surface area contributed by atoms with Crippen LogP contribution in [0.3, 0.4) is 0 Å². The Bertz CT molecular complexity index is 486. The lowest BCUT2D eigenvalue weighted by atomic mass is 9.87.